The highest BCUT2D eigenvalue weighted by Crippen LogP contribution is 2.10. The number of carbonyl (C=O) groups excluding carboxylic acids is 1. The zero-order valence-corrected chi connectivity index (χ0v) is 12.9. The molecule has 1 fully saturated rings. The fourth-order valence-corrected chi connectivity index (χ4v) is 2.24. The Morgan fingerprint density at radius 1 is 1.26 bits per heavy atom. The molecule has 0 saturated carbocycles. The number of benzene rings is 1. The van der Waals surface area contributed by atoms with Crippen molar-refractivity contribution in [1.82, 2.24) is 10.5 Å². The van der Waals surface area contributed by atoms with Gasteiger partial charge in [0, 0.05) is 18.5 Å². The zero-order chi connectivity index (χ0) is 15.9. The molecule has 0 unspecified atom stereocenters. The van der Waals surface area contributed by atoms with E-state index < -0.39 is 0 Å². The van der Waals surface area contributed by atoms with E-state index in [0.717, 1.165) is 18.8 Å². The third-order valence-electron chi connectivity index (χ3n) is 3.60. The Labute approximate surface area is 134 Å². The second kappa shape index (κ2) is 7.89. The van der Waals surface area contributed by atoms with Crippen LogP contribution >= 0.6 is 0 Å². The standard InChI is InChI=1S/C17H20N2O4/c20-17(18-8-14-10-21-11-14)7-15-6-16(23-19-15)12-22-9-13-4-2-1-3-5-13/h1-6,14H,7-12H2,(H,18,20). The molecule has 1 N–H and O–H groups in total. The number of amides is 1. The molecule has 122 valence electrons. The highest BCUT2D eigenvalue weighted by molar-refractivity contribution is 5.78. The van der Waals surface area contributed by atoms with Crippen molar-refractivity contribution in [3.05, 3.63) is 53.4 Å². The Bertz CT molecular complexity index is 623. The predicted octanol–water partition coefficient (Wildman–Crippen LogP) is 1.70. The van der Waals surface area contributed by atoms with Gasteiger partial charge in [-0.2, -0.15) is 0 Å². The number of rotatable bonds is 8. The van der Waals surface area contributed by atoms with E-state index in [1.165, 1.54) is 0 Å². The van der Waals surface area contributed by atoms with Gasteiger partial charge in [0.1, 0.15) is 6.61 Å². The van der Waals surface area contributed by atoms with Gasteiger partial charge in [-0.25, -0.2) is 0 Å². The molecule has 1 amide bonds. The second-order valence-corrected chi connectivity index (χ2v) is 5.65. The lowest BCUT2D eigenvalue weighted by atomic mass is 10.1. The van der Waals surface area contributed by atoms with Crippen LogP contribution in [0.4, 0.5) is 0 Å². The van der Waals surface area contributed by atoms with Crippen LogP contribution in [0.1, 0.15) is 17.0 Å². The summed E-state index contributed by atoms with van der Waals surface area (Å²) in [6, 6.07) is 11.7. The molecule has 0 aliphatic carbocycles. The molecule has 6 nitrogen and oxygen atoms in total. The largest absolute Gasteiger partial charge is 0.381 e. The van der Waals surface area contributed by atoms with Crippen LogP contribution in [0.3, 0.4) is 0 Å². The van der Waals surface area contributed by atoms with E-state index >= 15 is 0 Å². The van der Waals surface area contributed by atoms with Crippen molar-refractivity contribution >= 4 is 5.91 Å². The van der Waals surface area contributed by atoms with Crippen LogP contribution in [-0.2, 0) is 33.9 Å². The van der Waals surface area contributed by atoms with Crippen molar-refractivity contribution < 1.29 is 18.8 Å². The number of ether oxygens (including phenoxy) is 2. The third-order valence-corrected chi connectivity index (χ3v) is 3.60. The molecule has 6 heteroatoms. The number of aromatic nitrogens is 1. The monoisotopic (exact) mass is 316 g/mol. The SMILES string of the molecule is O=C(Cc1cc(COCc2ccccc2)on1)NCC1COC1. The Morgan fingerprint density at radius 2 is 2.09 bits per heavy atom. The Morgan fingerprint density at radius 3 is 2.83 bits per heavy atom. The van der Waals surface area contributed by atoms with E-state index in [1.807, 2.05) is 30.3 Å². The fourth-order valence-electron chi connectivity index (χ4n) is 2.24. The van der Waals surface area contributed by atoms with E-state index in [1.54, 1.807) is 6.07 Å². The van der Waals surface area contributed by atoms with Gasteiger partial charge in [-0.05, 0) is 5.56 Å². The number of nitrogens with one attached hydrogen (secondary N) is 1. The first-order valence-corrected chi connectivity index (χ1v) is 7.70. The number of nitrogens with zero attached hydrogens (tertiary/aromatic N) is 1. The lowest BCUT2D eigenvalue weighted by Gasteiger charge is -2.25. The van der Waals surface area contributed by atoms with Gasteiger partial charge in [0.05, 0.1) is 31.9 Å². The summed E-state index contributed by atoms with van der Waals surface area (Å²) >= 11 is 0. The highest BCUT2D eigenvalue weighted by atomic mass is 16.5. The summed E-state index contributed by atoms with van der Waals surface area (Å²) in [5.74, 6) is 1.01. The molecule has 3 rings (SSSR count). The Kier molecular flexibility index (Phi) is 5.39. The summed E-state index contributed by atoms with van der Waals surface area (Å²) in [6.45, 7) is 2.97. The quantitative estimate of drug-likeness (QED) is 0.802. The maximum atomic E-state index is 11.8. The lowest BCUT2D eigenvalue weighted by molar-refractivity contribution is -0.121. The van der Waals surface area contributed by atoms with Crippen molar-refractivity contribution in [3.63, 3.8) is 0 Å². The van der Waals surface area contributed by atoms with Crippen LogP contribution in [0.25, 0.3) is 0 Å². The molecule has 1 aliphatic heterocycles. The van der Waals surface area contributed by atoms with Crippen molar-refractivity contribution in [2.24, 2.45) is 5.92 Å². The van der Waals surface area contributed by atoms with E-state index in [0.29, 0.717) is 37.1 Å². The van der Waals surface area contributed by atoms with Gasteiger partial charge in [0.25, 0.3) is 0 Å². The van der Waals surface area contributed by atoms with Gasteiger partial charge in [-0.15, -0.1) is 0 Å². The van der Waals surface area contributed by atoms with Crippen LogP contribution in [0, 0.1) is 5.92 Å². The molecule has 1 aliphatic rings. The molecular formula is C17H20N2O4. The van der Waals surface area contributed by atoms with Gasteiger partial charge in [0.2, 0.25) is 5.91 Å². The van der Waals surface area contributed by atoms with E-state index in [4.69, 9.17) is 14.0 Å². The van der Waals surface area contributed by atoms with Gasteiger partial charge >= 0.3 is 0 Å². The maximum absolute atomic E-state index is 11.8. The molecule has 1 aromatic heterocycles. The number of carbonyl (C=O) groups is 1. The van der Waals surface area contributed by atoms with Crippen LogP contribution in [0.5, 0.6) is 0 Å². The second-order valence-electron chi connectivity index (χ2n) is 5.65. The molecule has 0 atom stereocenters. The van der Waals surface area contributed by atoms with Crippen molar-refractivity contribution in [2.75, 3.05) is 19.8 Å². The summed E-state index contributed by atoms with van der Waals surface area (Å²) < 4.78 is 15.8. The van der Waals surface area contributed by atoms with Gasteiger partial charge < -0.3 is 19.3 Å². The average molecular weight is 316 g/mol. The number of hydrogen-bond acceptors (Lipinski definition) is 5. The van der Waals surface area contributed by atoms with Crippen LogP contribution in [0.2, 0.25) is 0 Å². The summed E-state index contributed by atoms with van der Waals surface area (Å²) in [6.07, 6.45) is 0.218. The maximum Gasteiger partial charge on any atom is 0.226 e. The lowest BCUT2D eigenvalue weighted by Crippen LogP contribution is -2.39. The highest BCUT2D eigenvalue weighted by Gasteiger charge is 2.19. The van der Waals surface area contributed by atoms with Crippen LogP contribution < -0.4 is 5.32 Å². The minimum Gasteiger partial charge on any atom is -0.381 e. The Hall–Kier alpha value is -2.18. The van der Waals surface area contributed by atoms with E-state index in [2.05, 4.69) is 10.5 Å². The van der Waals surface area contributed by atoms with Crippen LogP contribution in [0.15, 0.2) is 40.9 Å². The van der Waals surface area contributed by atoms with Gasteiger partial charge in [-0.1, -0.05) is 35.5 Å². The normalized spacial score (nSPS) is 14.4. The van der Waals surface area contributed by atoms with E-state index in [9.17, 15) is 4.79 Å². The van der Waals surface area contributed by atoms with E-state index in [-0.39, 0.29) is 12.3 Å². The number of hydrogen-bond donors (Lipinski definition) is 1. The molecule has 2 aromatic rings. The van der Waals surface area contributed by atoms with Gasteiger partial charge in [-0.3, -0.25) is 4.79 Å². The Balaban J connectivity index is 1.38. The van der Waals surface area contributed by atoms with Crippen molar-refractivity contribution in [1.29, 1.82) is 0 Å². The molecule has 23 heavy (non-hydrogen) atoms. The zero-order valence-electron chi connectivity index (χ0n) is 12.9. The first-order valence-electron chi connectivity index (χ1n) is 7.70. The first kappa shape index (κ1) is 15.7. The van der Waals surface area contributed by atoms with Gasteiger partial charge in [0.15, 0.2) is 5.76 Å². The fraction of sp³-hybridized carbons (Fsp3) is 0.412. The summed E-state index contributed by atoms with van der Waals surface area (Å²) in [7, 11) is 0. The molecular weight excluding hydrogens is 296 g/mol. The minimum absolute atomic E-state index is 0.0537. The predicted molar refractivity (Wildman–Crippen MR) is 82.5 cm³/mol. The smallest absolute Gasteiger partial charge is 0.226 e. The molecule has 1 saturated heterocycles. The van der Waals surface area contributed by atoms with Crippen LogP contribution in [-0.4, -0.2) is 30.8 Å². The topological polar surface area (TPSA) is 73.6 Å². The average Bonchev–Trinajstić information content (AvgIpc) is 2.94. The first-order chi connectivity index (χ1) is 11.3. The van der Waals surface area contributed by atoms with Crippen molar-refractivity contribution in [2.45, 2.75) is 19.6 Å². The molecule has 0 radical (unpaired) electrons. The minimum atomic E-state index is -0.0537. The third kappa shape index (κ3) is 4.91. The molecule has 1 aromatic carbocycles. The summed E-state index contributed by atoms with van der Waals surface area (Å²) in [5.41, 5.74) is 1.72. The summed E-state index contributed by atoms with van der Waals surface area (Å²) in [4.78, 5) is 11.8. The molecule has 0 bridgehead atoms. The van der Waals surface area contributed by atoms with Crippen molar-refractivity contribution in [3.8, 4) is 0 Å². The molecule has 0 spiro atoms. The summed E-state index contributed by atoms with van der Waals surface area (Å²) in [5, 5.41) is 6.78. The molecule has 2 heterocycles.